The third-order valence-electron chi connectivity index (χ3n) is 3.49. The van der Waals surface area contributed by atoms with Crippen LogP contribution in [0.2, 0.25) is 0 Å². The first-order chi connectivity index (χ1) is 13.9. The lowest BCUT2D eigenvalue weighted by Crippen LogP contribution is -2.37. The lowest BCUT2D eigenvalue weighted by Gasteiger charge is -2.25. The normalized spacial score (nSPS) is 14.7. The molecule has 0 heterocycles. The van der Waals surface area contributed by atoms with Gasteiger partial charge >= 0.3 is 19.9 Å². The van der Waals surface area contributed by atoms with E-state index in [2.05, 4.69) is 5.09 Å². The summed E-state index contributed by atoms with van der Waals surface area (Å²) in [6.07, 6.45) is -5.19. The molecule has 1 unspecified atom stereocenters. The van der Waals surface area contributed by atoms with Gasteiger partial charge in [0.05, 0.1) is 11.7 Å². The minimum Gasteiger partial charge on any atom is -0.462 e. The van der Waals surface area contributed by atoms with Gasteiger partial charge in [-0.25, -0.2) is 4.57 Å². The van der Waals surface area contributed by atoms with Crippen LogP contribution in [-0.4, -0.2) is 18.1 Å². The van der Waals surface area contributed by atoms with Gasteiger partial charge in [0.15, 0.2) is 0 Å². The number of hydrogen-bond acceptors (Lipinski definition) is 5. The molecule has 0 aliphatic carbocycles. The monoisotopic (exact) mass is 557 g/mol. The summed E-state index contributed by atoms with van der Waals surface area (Å²) >= 11 is 1.72. The SMILES string of the molecule is CC(C)OC(=O)[C@H](C)NP(=O)(Oc1ccccc1)Oc1ccc(I)cc1C(F)(F)F. The molecule has 0 spiro atoms. The quantitative estimate of drug-likeness (QED) is 0.251. The molecular formula is C19H20F3INO5P. The van der Waals surface area contributed by atoms with Gasteiger partial charge in [0.1, 0.15) is 17.5 Å². The van der Waals surface area contributed by atoms with E-state index < -0.39 is 43.4 Å². The van der Waals surface area contributed by atoms with Gasteiger partial charge in [0, 0.05) is 3.57 Å². The van der Waals surface area contributed by atoms with Gasteiger partial charge in [-0.05, 0) is 73.7 Å². The highest BCUT2D eigenvalue weighted by Gasteiger charge is 2.39. The fraction of sp³-hybridized carbons (Fsp3) is 0.316. The van der Waals surface area contributed by atoms with Crippen molar-refractivity contribution in [3.63, 3.8) is 0 Å². The molecule has 0 aromatic heterocycles. The third kappa shape index (κ3) is 7.17. The van der Waals surface area contributed by atoms with E-state index in [9.17, 15) is 22.5 Å². The average molecular weight is 557 g/mol. The molecule has 0 radical (unpaired) electrons. The number of carbonyl (C=O) groups excluding carboxylic acids is 1. The second-order valence-corrected chi connectivity index (χ2v) is 9.33. The lowest BCUT2D eigenvalue weighted by atomic mass is 10.2. The van der Waals surface area contributed by atoms with Crippen LogP contribution in [0.1, 0.15) is 26.3 Å². The van der Waals surface area contributed by atoms with Gasteiger partial charge in [-0.3, -0.25) is 4.79 Å². The minimum atomic E-state index is -4.75. The van der Waals surface area contributed by atoms with Crippen LogP contribution in [0.25, 0.3) is 0 Å². The second-order valence-electron chi connectivity index (χ2n) is 6.47. The van der Waals surface area contributed by atoms with E-state index in [1.165, 1.54) is 25.1 Å². The van der Waals surface area contributed by atoms with E-state index >= 15 is 0 Å². The van der Waals surface area contributed by atoms with Crippen molar-refractivity contribution in [3.8, 4) is 11.5 Å². The van der Waals surface area contributed by atoms with Crippen molar-refractivity contribution in [3.05, 3.63) is 57.7 Å². The van der Waals surface area contributed by atoms with E-state index in [1.807, 2.05) is 0 Å². The molecule has 6 nitrogen and oxygen atoms in total. The summed E-state index contributed by atoms with van der Waals surface area (Å²) in [5, 5.41) is 2.36. The number of rotatable bonds is 8. The maximum Gasteiger partial charge on any atom is 0.513 e. The van der Waals surface area contributed by atoms with Crippen LogP contribution in [0.5, 0.6) is 11.5 Å². The molecule has 0 fully saturated rings. The Morgan fingerprint density at radius 2 is 1.70 bits per heavy atom. The van der Waals surface area contributed by atoms with Crippen molar-refractivity contribution in [1.82, 2.24) is 5.09 Å². The predicted molar refractivity (Wildman–Crippen MR) is 113 cm³/mol. The van der Waals surface area contributed by atoms with Crippen molar-refractivity contribution >= 4 is 36.3 Å². The second kappa shape index (κ2) is 10.0. The smallest absolute Gasteiger partial charge is 0.462 e. The number of halogens is 4. The molecular weight excluding hydrogens is 537 g/mol. The summed E-state index contributed by atoms with van der Waals surface area (Å²) in [5.74, 6) is -1.37. The van der Waals surface area contributed by atoms with Crippen LogP contribution in [0.3, 0.4) is 0 Å². The first-order valence-electron chi connectivity index (χ1n) is 8.79. The molecule has 0 saturated heterocycles. The standard InChI is InChI=1S/C19H20F3INO5P/c1-12(2)27-18(25)13(3)24-30(26,28-15-7-5-4-6-8-15)29-17-10-9-14(23)11-16(17)19(20,21)22/h4-13H,1-3H3,(H,24,26)/t13-,30?/m0/s1. The Bertz CT molecular complexity index is 924. The number of alkyl halides is 3. The lowest BCUT2D eigenvalue weighted by molar-refractivity contribution is -0.149. The van der Waals surface area contributed by atoms with Crippen LogP contribution in [0.4, 0.5) is 13.2 Å². The van der Waals surface area contributed by atoms with E-state index in [0.29, 0.717) is 3.57 Å². The highest BCUT2D eigenvalue weighted by atomic mass is 127. The topological polar surface area (TPSA) is 73.9 Å². The Morgan fingerprint density at radius 3 is 2.27 bits per heavy atom. The van der Waals surface area contributed by atoms with E-state index in [1.54, 1.807) is 54.6 Å². The van der Waals surface area contributed by atoms with E-state index in [0.717, 1.165) is 12.1 Å². The van der Waals surface area contributed by atoms with Gasteiger partial charge in [0.2, 0.25) is 0 Å². The van der Waals surface area contributed by atoms with Crippen molar-refractivity contribution in [1.29, 1.82) is 0 Å². The van der Waals surface area contributed by atoms with Crippen molar-refractivity contribution in [2.75, 3.05) is 0 Å². The molecule has 0 bridgehead atoms. The molecule has 0 amide bonds. The zero-order chi connectivity index (χ0) is 22.5. The highest BCUT2D eigenvalue weighted by Crippen LogP contribution is 2.48. The molecule has 30 heavy (non-hydrogen) atoms. The van der Waals surface area contributed by atoms with E-state index in [4.69, 9.17) is 13.8 Å². The molecule has 2 aromatic rings. The van der Waals surface area contributed by atoms with Gasteiger partial charge < -0.3 is 13.8 Å². The van der Waals surface area contributed by atoms with Gasteiger partial charge in [-0.2, -0.15) is 18.3 Å². The summed E-state index contributed by atoms with van der Waals surface area (Å²) in [5.41, 5.74) is -1.12. The molecule has 0 saturated carbocycles. The fourth-order valence-corrected chi connectivity index (χ4v) is 4.28. The zero-order valence-electron chi connectivity index (χ0n) is 16.3. The third-order valence-corrected chi connectivity index (χ3v) is 5.75. The van der Waals surface area contributed by atoms with Gasteiger partial charge in [-0.1, -0.05) is 18.2 Å². The molecule has 11 heteroatoms. The Balaban J connectivity index is 2.39. The maximum atomic E-state index is 13.5. The molecule has 1 N–H and O–H groups in total. The van der Waals surface area contributed by atoms with Crippen LogP contribution in [0.15, 0.2) is 48.5 Å². The number of hydrogen-bond donors (Lipinski definition) is 1. The molecule has 2 atom stereocenters. The first kappa shape index (κ1) is 24.5. The van der Waals surface area contributed by atoms with E-state index in [-0.39, 0.29) is 5.75 Å². The van der Waals surface area contributed by atoms with Crippen LogP contribution in [0, 0.1) is 3.57 Å². The molecule has 164 valence electrons. The van der Waals surface area contributed by atoms with Gasteiger partial charge in [0.25, 0.3) is 0 Å². The average Bonchev–Trinajstić information content (AvgIpc) is 2.62. The molecule has 2 rings (SSSR count). The number of para-hydroxylation sites is 1. The van der Waals surface area contributed by atoms with Crippen molar-refractivity contribution in [2.24, 2.45) is 0 Å². The van der Waals surface area contributed by atoms with Crippen molar-refractivity contribution < 1.29 is 36.3 Å². The number of esters is 1. The van der Waals surface area contributed by atoms with Crippen molar-refractivity contribution in [2.45, 2.75) is 39.1 Å². The maximum absolute atomic E-state index is 13.5. The highest BCUT2D eigenvalue weighted by molar-refractivity contribution is 14.1. The predicted octanol–water partition coefficient (Wildman–Crippen LogP) is 5.81. The Labute approximate surface area is 185 Å². The number of nitrogens with one attached hydrogen (secondary N) is 1. The minimum absolute atomic E-state index is 0.0804. The summed E-state index contributed by atoms with van der Waals surface area (Å²) in [7, 11) is -4.48. The Kier molecular flexibility index (Phi) is 8.18. The molecule has 0 aliphatic heterocycles. The summed E-state index contributed by atoms with van der Waals surface area (Å²) in [6.45, 7) is 4.60. The Morgan fingerprint density at radius 1 is 1.07 bits per heavy atom. The fourth-order valence-electron chi connectivity index (χ4n) is 2.25. The van der Waals surface area contributed by atoms with Crippen LogP contribution in [-0.2, 0) is 20.3 Å². The Hall–Kier alpha value is -1.78. The summed E-state index contributed by atoms with van der Waals surface area (Å²) in [6, 6.07) is 9.85. The van der Waals surface area contributed by atoms with Crippen LogP contribution >= 0.6 is 30.3 Å². The first-order valence-corrected chi connectivity index (χ1v) is 11.4. The zero-order valence-corrected chi connectivity index (χ0v) is 19.3. The number of ether oxygens (including phenoxy) is 1. The molecule has 0 aliphatic rings. The number of carbonyl (C=O) groups is 1. The van der Waals surface area contributed by atoms with Gasteiger partial charge in [-0.15, -0.1) is 0 Å². The molecule has 2 aromatic carbocycles. The summed E-state index contributed by atoms with van der Waals surface area (Å²) in [4.78, 5) is 12.1. The van der Waals surface area contributed by atoms with Crippen LogP contribution < -0.4 is 14.1 Å². The largest absolute Gasteiger partial charge is 0.513 e. The number of benzene rings is 2. The summed E-state index contributed by atoms with van der Waals surface area (Å²) < 4.78 is 69.7.